The van der Waals surface area contributed by atoms with Crippen molar-refractivity contribution in [3.63, 3.8) is 0 Å². The van der Waals surface area contributed by atoms with E-state index in [1.54, 1.807) is 12.1 Å². The number of rotatable bonds is 3. The number of nitriles is 1. The van der Waals surface area contributed by atoms with E-state index < -0.39 is 0 Å². The summed E-state index contributed by atoms with van der Waals surface area (Å²) in [4.78, 5) is 4.17. The largest absolute Gasteiger partial charge is 0.361 e. The molecule has 0 spiro atoms. The maximum absolute atomic E-state index is 8.78. The van der Waals surface area contributed by atoms with Gasteiger partial charge in [0.2, 0.25) is 0 Å². The standard InChI is InChI=1S/C13H13N3O.C3H8/c1-9(2)6-11-7-13(16-17-11)12-5-3-4-10(8-14)15-12;1-3-2/h3-5,7,9H,6H2,1-2H3;3H2,1-2H3. The molecule has 0 unspecified atom stereocenters. The first-order chi connectivity index (χ1) is 9.60. The van der Waals surface area contributed by atoms with Gasteiger partial charge >= 0.3 is 0 Å². The highest BCUT2D eigenvalue weighted by Gasteiger charge is 2.09. The Hall–Kier alpha value is -2.15. The van der Waals surface area contributed by atoms with Crippen LogP contribution in [0.1, 0.15) is 45.6 Å². The second-order valence-electron chi connectivity index (χ2n) is 5.00. The summed E-state index contributed by atoms with van der Waals surface area (Å²) in [6.07, 6.45) is 2.10. The van der Waals surface area contributed by atoms with E-state index in [2.05, 4.69) is 37.8 Å². The van der Waals surface area contributed by atoms with Crippen LogP contribution in [0.3, 0.4) is 0 Å². The lowest BCUT2D eigenvalue weighted by Crippen LogP contribution is -1.91. The minimum atomic E-state index is 0.385. The number of hydrogen-bond donors (Lipinski definition) is 0. The summed E-state index contributed by atoms with van der Waals surface area (Å²) in [5.74, 6) is 1.37. The quantitative estimate of drug-likeness (QED) is 0.838. The third-order valence-electron chi connectivity index (χ3n) is 2.29. The molecule has 2 rings (SSSR count). The molecular weight excluding hydrogens is 250 g/mol. The van der Waals surface area contributed by atoms with Crippen molar-refractivity contribution in [2.75, 3.05) is 0 Å². The fraction of sp³-hybridized carbons (Fsp3) is 0.438. The molecule has 0 N–H and O–H groups in total. The summed E-state index contributed by atoms with van der Waals surface area (Å²) in [5, 5.41) is 12.7. The highest BCUT2D eigenvalue weighted by Crippen LogP contribution is 2.18. The van der Waals surface area contributed by atoms with Crippen LogP contribution < -0.4 is 0 Å². The van der Waals surface area contributed by atoms with Crippen LogP contribution >= 0.6 is 0 Å². The Labute approximate surface area is 120 Å². The molecule has 0 aliphatic heterocycles. The van der Waals surface area contributed by atoms with Gasteiger partial charge in [0.25, 0.3) is 0 Å². The van der Waals surface area contributed by atoms with E-state index in [0.717, 1.165) is 12.2 Å². The molecule has 0 amide bonds. The Balaban J connectivity index is 0.000000612. The summed E-state index contributed by atoms with van der Waals surface area (Å²) in [6, 6.07) is 9.16. The fourth-order valence-electron chi connectivity index (χ4n) is 1.57. The summed E-state index contributed by atoms with van der Waals surface area (Å²) >= 11 is 0. The molecule has 2 heterocycles. The van der Waals surface area contributed by atoms with Gasteiger partial charge in [-0.15, -0.1) is 0 Å². The van der Waals surface area contributed by atoms with Crippen LogP contribution in [0.2, 0.25) is 0 Å². The molecule has 2 aromatic rings. The smallest absolute Gasteiger partial charge is 0.141 e. The fourth-order valence-corrected chi connectivity index (χ4v) is 1.57. The minimum absolute atomic E-state index is 0.385. The first-order valence-corrected chi connectivity index (χ1v) is 6.93. The predicted octanol–water partition coefficient (Wildman–Crippen LogP) is 4.22. The Morgan fingerprint density at radius 3 is 2.55 bits per heavy atom. The van der Waals surface area contributed by atoms with E-state index in [0.29, 0.717) is 23.0 Å². The van der Waals surface area contributed by atoms with Gasteiger partial charge in [-0.25, -0.2) is 4.98 Å². The lowest BCUT2D eigenvalue weighted by molar-refractivity contribution is 0.370. The predicted molar refractivity (Wildman–Crippen MR) is 79.0 cm³/mol. The Morgan fingerprint density at radius 2 is 1.95 bits per heavy atom. The Bertz CT molecular complexity index is 567. The SMILES string of the molecule is CC(C)Cc1cc(-c2cccc(C#N)n2)no1.CCC. The number of hydrogen-bond acceptors (Lipinski definition) is 4. The van der Waals surface area contributed by atoms with Gasteiger partial charge < -0.3 is 4.52 Å². The topological polar surface area (TPSA) is 62.7 Å². The van der Waals surface area contributed by atoms with Crippen LogP contribution in [0, 0.1) is 17.2 Å². The van der Waals surface area contributed by atoms with Crippen LogP contribution in [0.5, 0.6) is 0 Å². The lowest BCUT2D eigenvalue weighted by Gasteiger charge is -1.97. The lowest BCUT2D eigenvalue weighted by atomic mass is 10.1. The molecule has 0 atom stereocenters. The van der Waals surface area contributed by atoms with Crippen molar-refractivity contribution < 1.29 is 4.52 Å². The zero-order valence-electron chi connectivity index (χ0n) is 12.6. The molecule has 0 radical (unpaired) electrons. The van der Waals surface area contributed by atoms with E-state index in [-0.39, 0.29) is 0 Å². The number of aromatic nitrogens is 2. The average molecular weight is 271 g/mol. The normalized spacial score (nSPS) is 9.80. The molecule has 0 aromatic carbocycles. The molecular formula is C16H21N3O. The second kappa shape index (κ2) is 8.11. The van der Waals surface area contributed by atoms with Crippen molar-refractivity contribution in [1.82, 2.24) is 10.1 Å². The molecule has 0 saturated heterocycles. The van der Waals surface area contributed by atoms with Gasteiger partial charge in [0.1, 0.15) is 23.2 Å². The van der Waals surface area contributed by atoms with Crippen LogP contribution in [0.15, 0.2) is 28.8 Å². The van der Waals surface area contributed by atoms with Gasteiger partial charge in [-0.1, -0.05) is 45.3 Å². The summed E-state index contributed by atoms with van der Waals surface area (Å²) < 4.78 is 5.23. The van der Waals surface area contributed by atoms with Crippen LogP contribution in [-0.2, 0) is 6.42 Å². The van der Waals surface area contributed by atoms with E-state index in [4.69, 9.17) is 9.78 Å². The van der Waals surface area contributed by atoms with E-state index in [9.17, 15) is 0 Å². The van der Waals surface area contributed by atoms with Crippen molar-refractivity contribution in [3.05, 3.63) is 35.7 Å². The van der Waals surface area contributed by atoms with E-state index in [1.807, 2.05) is 18.2 Å². The van der Waals surface area contributed by atoms with Gasteiger partial charge in [0.05, 0.1) is 5.69 Å². The Morgan fingerprint density at radius 1 is 1.25 bits per heavy atom. The molecule has 2 aromatic heterocycles. The third-order valence-corrected chi connectivity index (χ3v) is 2.29. The van der Waals surface area contributed by atoms with Crippen molar-refractivity contribution in [2.24, 2.45) is 5.92 Å². The van der Waals surface area contributed by atoms with Crippen molar-refractivity contribution in [1.29, 1.82) is 5.26 Å². The van der Waals surface area contributed by atoms with Crippen LogP contribution in [-0.4, -0.2) is 10.1 Å². The van der Waals surface area contributed by atoms with Gasteiger partial charge in [-0.3, -0.25) is 0 Å². The molecule has 0 saturated carbocycles. The molecule has 0 fully saturated rings. The first-order valence-electron chi connectivity index (χ1n) is 6.93. The van der Waals surface area contributed by atoms with Gasteiger partial charge in [-0.2, -0.15) is 5.26 Å². The van der Waals surface area contributed by atoms with Crippen LogP contribution in [0.4, 0.5) is 0 Å². The molecule has 4 heteroatoms. The van der Waals surface area contributed by atoms with Crippen molar-refractivity contribution in [2.45, 2.75) is 40.5 Å². The van der Waals surface area contributed by atoms with Gasteiger partial charge in [0.15, 0.2) is 0 Å². The van der Waals surface area contributed by atoms with Crippen molar-refractivity contribution in [3.8, 4) is 17.5 Å². The van der Waals surface area contributed by atoms with Gasteiger partial charge in [-0.05, 0) is 18.1 Å². The average Bonchev–Trinajstić information content (AvgIpc) is 2.87. The summed E-state index contributed by atoms with van der Waals surface area (Å²) in [7, 11) is 0. The molecule has 0 aliphatic rings. The highest BCUT2D eigenvalue weighted by atomic mass is 16.5. The third kappa shape index (κ3) is 4.85. The first kappa shape index (κ1) is 15.9. The summed E-state index contributed by atoms with van der Waals surface area (Å²) in [5.41, 5.74) is 1.73. The number of nitrogens with zero attached hydrogens (tertiary/aromatic N) is 3. The maximum atomic E-state index is 8.78. The molecule has 4 nitrogen and oxygen atoms in total. The molecule has 20 heavy (non-hydrogen) atoms. The van der Waals surface area contributed by atoms with Crippen molar-refractivity contribution >= 4 is 0 Å². The Kier molecular flexibility index (Phi) is 6.45. The highest BCUT2D eigenvalue weighted by molar-refractivity contribution is 5.54. The zero-order chi connectivity index (χ0) is 15.0. The number of pyridine rings is 1. The maximum Gasteiger partial charge on any atom is 0.141 e. The van der Waals surface area contributed by atoms with E-state index >= 15 is 0 Å². The monoisotopic (exact) mass is 271 g/mol. The van der Waals surface area contributed by atoms with E-state index in [1.165, 1.54) is 6.42 Å². The zero-order valence-corrected chi connectivity index (χ0v) is 12.6. The molecule has 0 bridgehead atoms. The van der Waals surface area contributed by atoms with Crippen LogP contribution in [0.25, 0.3) is 11.4 Å². The molecule has 106 valence electrons. The second-order valence-corrected chi connectivity index (χ2v) is 5.00. The van der Waals surface area contributed by atoms with Gasteiger partial charge in [0, 0.05) is 12.5 Å². The minimum Gasteiger partial charge on any atom is -0.361 e. The summed E-state index contributed by atoms with van der Waals surface area (Å²) in [6.45, 7) is 8.49. The molecule has 0 aliphatic carbocycles.